The molecule has 0 unspecified atom stereocenters. The van der Waals surface area contributed by atoms with E-state index in [1.54, 1.807) is 6.92 Å². The fraction of sp³-hybridized carbons (Fsp3) is 0.273. The summed E-state index contributed by atoms with van der Waals surface area (Å²) >= 11 is 1.83. The molecule has 1 aromatic rings. The number of carbonyl (C=O) groups excluding carboxylic acids is 1. The van der Waals surface area contributed by atoms with E-state index in [9.17, 15) is 14.9 Å². The molecule has 0 aliphatic carbocycles. The maximum absolute atomic E-state index is 11.4. The highest BCUT2D eigenvalue weighted by molar-refractivity contribution is 14.1. The van der Waals surface area contributed by atoms with E-state index < -0.39 is 10.9 Å². The SMILES string of the molecule is CCOC(=O)Cc1c([N+](=O)[O-])ccc(C#N)c1I. The van der Waals surface area contributed by atoms with Crippen molar-refractivity contribution in [3.63, 3.8) is 0 Å². The van der Waals surface area contributed by atoms with Crippen molar-refractivity contribution in [1.29, 1.82) is 5.26 Å². The molecule has 0 aliphatic rings. The van der Waals surface area contributed by atoms with Gasteiger partial charge in [-0.25, -0.2) is 0 Å². The lowest BCUT2D eigenvalue weighted by atomic mass is 10.1. The Morgan fingerprint density at radius 2 is 2.28 bits per heavy atom. The van der Waals surface area contributed by atoms with Gasteiger partial charge in [-0.2, -0.15) is 5.26 Å². The van der Waals surface area contributed by atoms with E-state index in [-0.39, 0.29) is 24.3 Å². The summed E-state index contributed by atoms with van der Waals surface area (Å²) in [6.45, 7) is 1.87. The van der Waals surface area contributed by atoms with Crippen LogP contribution in [0.25, 0.3) is 0 Å². The molecule has 7 heteroatoms. The van der Waals surface area contributed by atoms with Crippen LogP contribution in [0.15, 0.2) is 12.1 Å². The van der Waals surface area contributed by atoms with Crippen LogP contribution in [0, 0.1) is 25.0 Å². The van der Waals surface area contributed by atoms with Crippen molar-refractivity contribution in [3.8, 4) is 6.07 Å². The Morgan fingerprint density at radius 3 is 2.78 bits per heavy atom. The molecular formula is C11H9IN2O4. The largest absolute Gasteiger partial charge is 0.466 e. The molecule has 94 valence electrons. The Balaban J connectivity index is 3.25. The quantitative estimate of drug-likeness (QED) is 0.355. The normalized spacial score (nSPS) is 9.61. The van der Waals surface area contributed by atoms with Crippen LogP contribution in [0.3, 0.4) is 0 Å². The third-order valence-electron chi connectivity index (χ3n) is 2.16. The smallest absolute Gasteiger partial charge is 0.310 e. The average Bonchev–Trinajstić information content (AvgIpc) is 2.31. The topological polar surface area (TPSA) is 93.2 Å². The first-order chi connectivity index (χ1) is 8.51. The minimum atomic E-state index is -0.572. The van der Waals surface area contributed by atoms with Crippen molar-refractivity contribution in [2.75, 3.05) is 6.61 Å². The number of ether oxygens (including phenoxy) is 1. The van der Waals surface area contributed by atoms with Crippen LogP contribution in [0.1, 0.15) is 18.1 Å². The Hall–Kier alpha value is -1.69. The van der Waals surface area contributed by atoms with Crippen molar-refractivity contribution in [2.45, 2.75) is 13.3 Å². The first kappa shape index (κ1) is 14.4. The number of rotatable bonds is 4. The summed E-state index contributed by atoms with van der Waals surface area (Å²) in [4.78, 5) is 21.7. The molecule has 0 atom stereocenters. The van der Waals surface area contributed by atoms with Gasteiger partial charge in [-0.05, 0) is 35.6 Å². The highest BCUT2D eigenvalue weighted by Crippen LogP contribution is 2.27. The van der Waals surface area contributed by atoms with E-state index in [1.807, 2.05) is 28.7 Å². The Labute approximate surface area is 117 Å². The number of esters is 1. The van der Waals surface area contributed by atoms with E-state index >= 15 is 0 Å². The third-order valence-corrected chi connectivity index (χ3v) is 3.39. The minimum absolute atomic E-state index is 0.175. The summed E-state index contributed by atoms with van der Waals surface area (Å²) in [6.07, 6.45) is -0.210. The van der Waals surface area contributed by atoms with Gasteiger partial charge in [0.25, 0.3) is 5.69 Å². The first-order valence-electron chi connectivity index (χ1n) is 5.02. The number of nitriles is 1. The molecule has 0 heterocycles. The molecule has 0 saturated carbocycles. The van der Waals surface area contributed by atoms with Gasteiger partial charge in [-0.15, -0.1) is 0 Å². The lowest BCUT2D eigenvalue weighted by Crippen LogP contribution is -2.11. The van der Waals surface area contributed by atoms with Gasteiger partial charge in [0.2, 0.25) is 0 Å². The third kappa shape index (κ3) is 3.16. The van der Waals surface area contributed by atoms with Gasteiger partial charge in [0.1, 0.15) is 6.07 Å². The number of carbonyl (C=O) groups is 1. The average molecular weight is 360 g/mol. The van der Waals surface area contributed by atoms with Gasteiger partial charge < -0.3 is 4.74 Å². The van der Waals surface area contributed by atoms with Crippen LogP contribution >= 0.6 is 22.6 Å². The van der Waals surface area contributed by atoms with Crippen LogP contribution in [0.4, 0.5) is 5.69 Å². The maximum atomic E-state index is 11.4. The second-order valence-corrected chi connectivity index (χ2v) is 4.35. The van der Waals surface area contributed by atoms with E-state index in [1.165, 1.54) is 12.1 Å². The van der Waals surface area contributed by atoms with Gasteiger partial charge in [-0.1, -0.05) is 0 Å². The molecule has 0 fully saturated rings. The van der Waals surface area contributed by atoms with E-state index in [0.717, 1.165) is 0 Å². The van der Waals surface area contributed by atoms with Gasteiger partial charge in [-0.3, -0.25) is 14.9 Å². The van der Waals surface area contributed by atoms with Crippen LogP contribution < -0.4 is 0 Å². The van der Waals surface area contributed by atoms with Crippen molar-refractivity contribution < 1.29 is 14.5 Å². The molecule has 0 spiro atoms. The van der Waals surface area contributed by atoms with Crippen LogP contribution in [0.5, 0.6) is 0 Å². The zero-order valence-electron chi connectivity index (χ0n) is 9.47. The number of nitro groups is 1. The molecular weight excluding hydrogens is 351 g/mol. The number of benzene rings is 1. The van der Waals surface area contributed by atoms with Crippen molar-refractivity contribution >= 4 is 34.2 Å². The molecule has 18 heavy (non-hydrogen) atoms. The zero-order chi connectivity index (χ0) is 13.7. The number of nitro benzene ring substituents is 1. The van der Waals surface area contributed by atoms with Crippen LogP contribution in [0.2, 0.25) is 0 Å². The highest BCUT2D eigenvalue weighted by atomic mass is 127. The standard InChI is InChI=1S/C11H9IN2O4/c1-2-18-10(15)5-8-9(14(16)17)4-3-7(6-13)11(8)12/h3-4H,2,5H2,1H3. The van der Waals surface area contributed by atoms with E-state index in [0.29, 0.717) is 9.13 Å². The molecule has 1 aromatic carbocycles. The summed E-state index contributed by atoms with van der Waals surface area (Å²) in [5.74, 6) is -0.548. The summed E-state index contributed by atoms with van der Waals surface area (Å²) in [5, 5.41) is 19.7. The van der Waals surface area contributed by atoms with Crippen molar-refractivity contribution in [2.24, 2.45) is 0 Å². The van der Waals surface area contributed by atoms with Crippen LogP contribution in [-0.4, -0.2) is 17.5 Å². The van der Waals surface area contributed by atoms with Crippen LogP contribution in [-0.2, 0) is 16.0 Å². The van der Waals surface area contributed by atoms with E-state index in [2.05, 4.69) is 0 Å². The molecule has 0 bridgehead atoms. The molecule has 0 amide bonds. The predicted octanol–water partition coefficient (Wildman–Crippen LogP) is 2.18. The Morgan fingerprint density at radius 1 is 1.61 bits per heavy atom. The van der Waals surface area contributed by atoms with Crippen molar-refractivity contribution in [1.82, 2.24) is 0 Å². The summed E-state index contributed by atoms with van der Waals surface area (Å²) in [7, 11) is 0. The fourth-order valence-corrected chi connectivity index (χ4v) is 2.16. The summed E-state index contributed by atoms with van der Waals surface area (Å²) in [5.41, 5.74) is 0.352. The Kier molecular flexibility index (Phi) is 5.03. The van der Waals surface area contributed by atoms with Gasteiger partial charge in [0.15, 0.2) is 0 Å². The number of nitrogens with zero attached hydrogens (tertiary/aromatic N) is 2. The summed E-state index contributed by atoms with van der Waals surface area (Å²) < 4.78 is 5.18. The number of hydrogen-bond donors (Lipinski definition) is 0. The lowest BCUT2D eigenvalue weighted by molar-refractivity contribution is -0.385. The van der Waals surface area contributed by atoms with Gasteiger partial charge in [0.05, 0.1) is 29.1 Å². The molecule has 0 aromatic heterocycles. The monoisotopic (exact) mass is 360 g/mol. The predicted molar refractivity (Wildman–Crippen MR) is 70.9 cm³/mol. The van der Waals surface area contributed by atoms with E-state index in [4.69, 9.17) is 10.00 Å². The first-order valence-corrected chi connectivity index (χ1v) is 6.10. The van der Waals surface area contributed by atoms with Gasteiger partial charge >= 0.3 is 5.97 Å². The van der Waals surface area contributed by atoms with Gasteiger partial charge in [0, 0.05) is 9.64 Å². The molecule has 0 saturated heterocycles. The molecule has 0 N–H and O–H groups in total. The second kappa shape index (κ2) is 6.30. The number of halogens is 1. The second-order valence-electron chi connectivity index (χ2n) is 3.28. The zero-order valence-corrected chi connectivity index (χ0v) is 11.6. The molecule has 1 rings (SSSR count). The maximum Gasteiger partial charge on any atom is 0.310 e. The Bertz CT molecular complexity index is 537. The molecule has 0 aliphatic heterocycles. The van der Waals surface area contributed by atoms with Crippen molar-refractivity contribution in [3.05, 3.63) is 36.9 Å². The molecule has 0 radical (unpaired) electrons. The summed E-state index contributed by atoms with van der Waals surface area (Å²) in [6, 6.07) is 4.53. The lowest BCUT2D eigenvalue weighted by Gasteiger charge is -2.06. The molecule has 6 nitrogen and oxygen atoms in total. The minimum Gasteiger partial charge on any atom is -0.466 e. The number of hydrogen-bond acceptors (Lipinski definition) is 5. The highest BCUT2D eigenvalue weighted by Gasteiger charge is 2.22. The fourth-order valence-electron chi connectivity index (χ4n) is 1.39.